The Labute approximate surface area is 112 Å². The van der Waals surface area contributed by atoms with Crippen molar-refractivity contribution in [1.29, 1.82) is 0 Å². The summed E-state index contributed by atoms with van der Waals surface area (Å²) in [4.78, 5) is 25.5. The normalized spacial score (nSPS) is 20.2. The van der Waals surface area contributed by atoms with Gasteiger partial charge in [-0.05, 0) is 25.5 Å². The van der Waals surface area contributed by atoms with Gasteiger partial charge in [0.25, 0.3) is 5.56 Å². The minimum Gasteiger partial charge on any atom is -0.468 e. The molecule has 1 saturated heterocycles. The molecule has 1 aromatic heterocycles. The summed E-state index contributed by atoms with van der Waals surface area (Å²) in [5.41, 5.74) is -0.00544. The Morgan fingerprint density at radius 3 is 2.95 bits per heavy atom. The SMILES string of the molecule is COC(=O)C1CCCCN1CCn1ccccc1=O. The molecule has 19 heavy (non-hydrogen) atoms. The number of hydrogen-bond donors (Lipinski definition) is 0. The largest absolute Gasteiger partial charge is 0.468 e. The van der Waals surface area contributed by atoms with Crippen LogP contribution >= 0.6 is 0 Å². The van der Waals surface area contributed by atoms with Gasteiger partial charge in [-0.1, -0.05) is 12.5 Å². The van der Waals surface area contributed by atoms with E-state index in [-0.39, 0.29) is 17.6 Å². The lowest BCUT2D eigenvalue weighted by molar-refractivity contribution is -0.148. The highest BCUT2D eigenvalue weighted by molar-refractivity contribution is 5.75. The number of nitrogens with zero attached hydrogens (tertiary/aromatic N) is 2. The molecule has 1 aromatic rings. The first-order valence-corrected chi connectivity index (χ1v) is 6.69. The van der Waals surface area contributed by atoms with E-state index in [9.17, 15) is 9.59 Å². The molecule has 104 valence electrons. The molecular weight excluding hydrogens is 244 g/mol. The van der Waals surface area contributed by atoms with Crippen LogP contribution in [0.25, 0.3) is 0 Å². The maximum Gasteiger partial charge on any atom is 0.323 e. The molecule has 2 heterocycles. The molecule has 0 aromatic carbocycles. The third-order valence-electron chi connectivity index (χ3n) is 3.61. The molecule has 1 atom stereocenters. The van der Waals surface area contributed by atoms with Crippen LogP contribution in [0.1, 0.15) is 19.3 Å². The Bertz CT molecular complexity index is 484. The predicted molar refractivity (Wildman–Crippen MR) is 71.9 cm³/mol. The van der Waals surface area contributed by atoms with Gasteiger partial charge in [-0.25, -0.2) is 0 Å². The van der Waals surface area contributed by atoms with Gasteiger partial charge in [-0.2, -0.15) is 0 Å². The average Bonchev–Trinajstić information content (AvgIpc) is 2.46. The summed E-state index contributed by atoms with van der Waals surface area (Å²) in [5.74, 6) is -0.167. The molecule has 0 aliphatic carbocycles. The van der Waals surface area contributed by atoms with Gasteiger partial charge in [0.05, 0.1) is 7.11 Å². The number of carbonyl (C=O) groups excluding carboxylic acids is 1. The Kier molecular flexibility index (Phi) is 4.74. The van der Waals surface area contributed by atoms with Gasteiger partial charge in [0, 0.05) is 25.4 Å². The second-order valence-corrected chi connectivity index (χ2v) is 4.80. The van der Waals surface area contributed by atoms with Crippen LogP contribution in [0.15, 0.2) is 29.2 Å². The van der Waals surface area contributed by atoms with E-state index >= 15 is 0 Å². The second kappa shape index (κ2) is 6.52. The number of aromatic nitrogens is 1. The van der Waals surface area contributed by atoms with Crippen molar-refractivity contribution in [3.63, 3.8) is 0 Å². The Hall–Kier alpha value is -1.62. The number of esters is 1. The molecule has 0 saturated carbocycles. The van der Waals surface area contributed by atoms with Gasteiger partial charge in [0.15, 0.2) is 0 Å². The van der Waals surface area contributed by atoms with Crippen molar-refractivity contribution in [2.45, 2.75) is 31.8 Å². The van der Waals surface area contributed by atoms with E-state index in [2.05, 4.69) is 4.90 Å². The smallest absolute Gasteiger partial charge is 0.323 e. The third-order valence-corrected chi connectivity index (χ3v) is 3.61. The van der Waals surface area contributed by atoms with Crippen molar-refractivity contribution in [3.8, 4) is 0 Å². The quantitative estimate of drug-likeness (QED) is 0.757. The monoisotopic (exact) mass is 264 g/mol. The van der Waals surface area contributed by atoms with Crippen LogP contribution in [0.3, 0.4) is 0 Å². The fraction of sp³-hybridized carbons (Fsp3) is 0.571. The number of pyridine rings is 1. The fourth-order valence-electron chi connectivity index (χ4n) is 2.54. The molecular formula is C14H20N2O3. The van der Waals surface area contributed by atoms with E-state index in [4.69, 9.17) is 4.74 Å². The summed E-state index contributed by atoms with van der Waals surface area (Å²) >= 11 is 0. The molecule has 5 nitrogen and oxygen atoms in total. The Morgan fingerprint density at radius 2 is 2.21 bits per heavy atom. The summed E-state index contributed by atoms with van der Waals surface area (Å²) in [6.45, 7) is 2.19. The highest BCUT2D eigenvalue weighted by Crippen LogP contribution is 2.17. The van der Waals surface area contributed by atoms with E-state index in [1.54, 1.807) is 22.9 Å². The lowest BCUT2D eigenvalue weighted by Crippen LogP contribution is -2.46. The Morgan fingerprint density at radius 1 is 1.37 bits per heavy atom. The van der Waals surface area contributed by atoms with Gasteiger partial charge in [-0.15, -0.1) is 0 Å². The number of hydrogen-bond acceptors (Lipinski definition) is 4. The molecule has 1 fully saturated rings. The molecule has 0 amide bonds. The first kappa shape index (κ1) is 13.8. The van der Waals surface area contributed by atoms with Gasteiger partial charge in [-0.3, -0.25) is 14.5 Å². The molecule has 0 spiro atoms. The van der Waals surface area contributed by atoms with Crippen LogP contribution in [0.5, 0.6) is 0 Å². The lowest BCUT2D eigenvalue weighted by Gasteiger charge is -2.33. The highest BCUT2D eigenvalue weighted by Gasteiger charge is 2.28. The van der Waals surface area contributed by atoms with E-state index in [1.807, 2.05) is 6.07 Å². The van der Waals surface area contributed by atoms with E-state index in [1.165, 1.54) is 7.11 Å². The van der Waals surface area contributed by atoms with Crippen molar-refractivity contribution in [2.24, 2.45) is 0 Å². The minimum atomic E-state index is -0.167. The van der Waals surface area contributed by atoms with Crippen molar-refractivity contribution in [3.05, 3.63) is 34.7 Å². The summed E-state index contributed by atoms with van der Waals surface area (Å²) in [5, 5.41) is 0. The van der Waals surface area contributed by atoms with Crippen LogP contribution in [-0.4, -0.2) is 41.7 Å². The van der Waals surface area contributed by atoms with Crippen LogP contribution in [0.4, 0.5) is 0 Å². The molecule has 0 radical (unpaired) electrons. The number of piperidine rings is 1. The maximum absolute atomic E-state index is 11.7. The second-order valence-electron chi connectivity index (χ2n) is 4.80. The zero-order chi connectivity index (χ0) is 13.7. The predicted octanol–water partition coefficient (Wildman–Crippen LogP) is 0.876. The Balaban J connectivity index is 1.98. The number of methoxy groups -OCH3 is 1. The molecule has 5 heteroatoms. The highest BCUT2D eigenvalue weighted by atomic mass is 16.5. The van der Waals surface area contributed by atoms with Gasteiger partial charge >= 0.3 is 5.97 Å². The van der Waals surface area contributed by atoms with Crippen LogP contribution in [0, 0.1) is 0 Å². The van der Waals surface area contributed by atoms with Gasteiger partial charge < -0.3 is 9.30 Å². The van der Waals surface area contributed by atoms with Crippen molar-refractivity contribution >= 4 is 5.97 Å². The molecule has 0 N–H and O–H groups in total. The van der Waals surface area contributed by atoms with Crippen LogP contribution < -0.4 is 5.56 Å². The molecule has 2 rings (SSSR count). The van der Waals surface area contributed by atoms with Gasteiger partial charge in [0.1, 0.15) is 6.04 Å². The molecule has 1 unspecified atom stereocenters. The number of carbonyl (C=O) groups is 1. The molecule has 1 aliphatic heterocycles. The van der Waals surface area contributed by atoms with Gasteiger partial charge in [0.2, 0.25) is 0 Å². The minimum absolute atomic E-state index is 0.00544. The summed E-state index contributed by atoms with van der Waals surface area (Å²) in [6.07, 6.45) is 4.77. The van der Waals surface area contributed by atoms with Crippen molar-refractivity contribution < 1.29 is 9.53 Å². The lowest BCUT2D eigenvalue weighted by atomic mass is 10.0. The zero-order valence-electron chi connectivity index (χ0n) is 11.2. The fourth-order valence-corrected chi connectivity index (χ4v) is 2.54. The van der Waals surface area contributed by atoms with E-state index in [0.29, 0.717) is 13.1 Å². The standard InChI is InChI=1S/C14H20N2O3/c1-19-14(18)12-6-2-4-8-15(12)10-11-16-9-5-3-7-13(16)17/h3,5,7,9,12H,2,4,6,8,10-11H2,1H3. The third kappa shape index (κ3) is 3.44. The molecule has 0 bridgehead atoms. The summed E-state index contributed by atoms with van der Waals surface area (Å²) in [6, 6.07) is 4.97. The van der Waals surface area contributed by atoms with Crippen LogP contribution in [0.2, 0.25) is 0 Å². The van der Waals surface area contributed by atoms with Crippen molar-refractivity contribution in [1.82, 2.24) is 9.47 Å². The first-order chi connectivity index (χ1) is 9.22. The summed E-state index contributed by atoms with van der Waals surface area (Å²) < 4.78 is 6.52. The summed E-state index contributed by atoms with van der Waals surface area (Å²) in [7, 11) is 1.43. The average molecular weight is 264 g/mol. The van der Waals surface area contributed by atoms with Crippen LogP contribution in [-0.2, 0) is 16.1 Å². The zero-order valence-corrected chi connectivity index (χ0v) is 11.2. The first-order valence-electron chi connectivity index (χ1n) is 6.69. The molecule has 1 aliphatic rings. The van der Waals surface area contributed by atoms with E-state index < -0.39 is 0 Å². The maximum atomic E-state index is 11.7. The van der Waals surface area contributed by atoms with Crippen molar-refractivity contribution in [2.75, 3.05) is 20.2 Å². The number of likely N-dealkylation sites (tertiary alicyclic amines) is 1. The number of ether oxygens (including phenoxy) is 1. The van der Waals surface area contributed by atoms with E-state index in [0.717, 1.165) is 25.8 Å². The topological polar surface area (TPSA) is 51.5 Å². The number of rotatable bonds is 4.